The van der Waals surface area contributed by atoms with Crippen LogP contribution in [0.1, 0.15) is 44.0 Å². The predicted octanol–water partition coefficient (Wildman–Crippen LogP) is 3.38. The molecule has 1 N–H and O–H groups in total. The maximum atomic E-state index is 12.6. The molecule has 0 atom stereocenters. The van der Waals surface area contributed by atoms with Crippen LogP contribution in [0, 0.1) is 5.41 Å². The number of hydrogen-bond donors (Lipinski definition) is 1. The van der Waals surface area contributed by atoms with Crippen LogP contribution in [-0.4, -0.2) is 30.4 Å². The number of rotatable bonds is 4. The Morgan fingerprint density at radius 2 is 2.11 bits per heavy atom. The molecule has 19 heavy (non-hydrogen) atoms. The minimum Gasteiger partial charge on any atom is -0.384 e. The van der Waals surface area contributed by atoms with E-state index in [0.29, 0.717) is 0 Å². The van der Waals surface area contributed by atoms with Gasteiger partial charge in [-0.15, -0.1) is 0 Å². The molecule has 1 saturated heterocycles. The smallest absolute Gasteiger partial charge is 0.255 e. The van der Waals surface area contributed by atoms with E-state index in [1.165, 1.54) is 0 Å². The highest BCUT2D eigenvalue weighted by atomic mass is 16.2. The van der Waals surface area contributed by atoms with Crippen molar-refractivity contribution in [2.24, 2.45) is 5.41 Å². The van der Waals surface area contributed by atoms with Crippen molar-refractivity contribution in [1.29, 1.82) is 0 Å². The fraction of sp³-hybridized carbons (Fsp3) is 0.562. The van der Waals surface area contributed by atoms with Gasteiger partial charge in [-0.3, -0.25) is 4.79 Å². The van der Waals surface area contributed by atoms with Gasteiger partial charge in [0.25, 0.3) is 5.91 Å². The molecule has 0 radical (unpaired) electrons. The second kappa shape index (κ2) is 5.64. The molecule has 1 aromatic rings. The minimum absolute atomic E-state index is 0.157. The van der Waals surface area contributed by atoms with Crippen molar-refractivity contribution in [3.8, 4) is 0 Å². The van der Waals surface area contributed by atoms with E-state index < -0.39 is 0 Å². The molecule has 104 valence electrons. The average Bonchev–Trinajstić information content (AvgIpc) is 2.76. The topological polar surface area (TPSA) is 32.3 Å². The van der Waals surface area contributed by atoms with E-state index in [-0.39, 0.29) is 11.3 Å². The third-order valence-electron chi connectivity index (χ3n) is 3.69. The number of nitrogens with zero attached hydrogens (tertiary/aromatic N) is 1. The average molecular weight is 260 g/mol. The Kier molecular flexibility index (Phi) is 4.13. The first-order valence-electron chi connectivity index (χ1n) is 7.16. The number of carbonyl (C=O) groups excluding carboxylic acids is 1. The Morgan fingerprint density at radius 1 is 1.37 bits per heavy atom. The molecule has 0 unspecified atom stereocenters. The Balaban J connectivity index is 2.15. The normalized spacial score (nSPS) is 17.5. The van der Waals surface area contributed by atoms with Gasteiger partial charge >= 0.3 is 0 Å². The van der Waals surface area contributed by atoms with E-state index in [2.05, 4.69) is 26.1 Å². The van der Waals surface area contributed by atoms with Gasteiger partial charge in [-0.2, -0.15) is 0 Å². The van der Waals surface area contributed by atoms with Crippen LogP contribution < -0.4 is 5.32 Å². The van der Waals surface area contributed by atoms with E-state index in [0.717, 1.165) is 43.7 Å². The first kappa shape index (κ1) is 13.9. The van der Waals surface area contributed by atoms with Crippen molar-refractivity contribution in [2.75, 3.05) is 25.0 Å². The number of para-hydroxylation sites is 1. The van der Waals surface area contributed by atoms with Crippen molar-refractivity contribution in [2.45, 2.75) is 33.6 Å². The molecule has 0 spiro atoms. The van der Waals surface area contributed by atoms with Gasteiger partial charge in [0, 0.05) is 25.3 Å². The Bertz CT molecular complexity index is 454. The van der Waals surface area contributed by atoms with Gasteiger partial charge in [0.05, 0.1) is 5.56 Å². The second-order valence-corrected chi connectivity index (χ2v) is 6.11. The van der Waals surface area contributed by atoms with Crippen LogP contribution in [0.25, 0.3) is 0 Å². The molecule has 3 nitrogen and oxygen atoms in total. The fourth-order valence-electron chi connectivity index (χ4n) is 2.54. The van der Waals surface area contributed by atoms with E-state index in [1.807, 2.05) is 29.2 Å². The lowest BCUT2D eigenvalue weighted by Gasteiger charge is -2.21. The number of anilines is 1. The van der Waals surface area contributed by atoms with E-state index in [9.17, 15) is 4.79 Å². The molecule has 0 bridgehead atoms. The summed E-state index contributed by atoms with van der Waals surface area (Å²) in [5.41, 5.74) is 2.01. The summed E-state index contributed by atoms with van der Waals surface area (Å²) in [6, 6.07) is 7.82. The van der Waals surface area contributed by atoms with Gasteiger partial charge in [0.15, 0.2) is 0 Å². The van der Waals surface area contributed by atoms with Crippen LogP contribution in [0.3, 0.4) is 0 Å². The Labute approximate surface area is 116 Å². The quantitative estimate of drug-likeness (QED) is 0.900. The number of likely N-dealkylation sites (tertiary alicyclic amines) is 1. The van der Waals surface area contributed by atoms with Crippen molar-refractivity contribution >= 4 is 11.6 Å². The maximum absolute atomic E-state index is 12.6. The summed E-state index contributed by atoms with van der Waals surface area (Å²) in [7, 11) is 0. The molecule has 1 aliphatic rings. The minimum atomic E-state index is 0.157. The Morgan fingerprint density at radius 3 is 2.74 bits per heavy atom. The SMILES string of the molecule is CCCNc1ccccc1C(=O)N1CCC(C)(C)C1. The zero-order valence-electron chi connectivity index (χ0n) is 12.2. The van der Waals surface area contributed by atoms with Crippen LogP contribution in [0.2, 0.25) is 0 Å². The molecule has 2 rings (SSSR count). The number of hydrogen-bond acceptors (Lipinski definition) is 2. The molecule has 1 heterocycles. The lowest BCUT2D eigenvalue weighted by atomic mass is 9.93. The number of amides is 1. The predicted molar refractivity (Wildman–Crippen MR) is 79.5 cm³/mol. The molecule has 3 heteroatoms. The summed E-state index contributed by atoms with van der Waals surface area (Å²) in [6.45, 7) is 9.20. The van der Waals surface area contributed by atoms with Gasteiger partial charge in [-0.1, -0.05) is 32.9 Å². The third kappa shape index (κ3) is 3.28. The molecule has 1 amide bonds. The molecule has 0 saturated carbocycles. The molecule has 1 aromatic carbocycles. The van der Waals surface area contributed by atoms with Crippen molar-refractivity contribution in [1.82, 2.24) is 4.90 Å². The number of benzene rings is 1. The molecule has 1 aliphatic heterocycles. The molecule has 0 aliphatic carbocycles. The summed E-state index contributed by atoms with van der Waals surface area (Å²) < 4.78 is 0. The van der Waals surface area contributed by atoms with Gasteiger partial charge in [0.1, 0.15) is 0 Å². The van der Waals surface area contributed by atoms with E-state index in [1.54, 1.807) is 0 Å². The van der Waals surface area contributed by atoms with E-state index in [4.69, 9.17) is 0 Å². The first-order valence-corrected chi connectivity index (χ1v) is 7.16. The number of nitrogens with one attached hydrogen (secondary N) is 1. The number of carbonyl (C=O) groups is 1. The van der Waals surface area contributed by atoms with Gasteiger partial charge < -0.3 is 10.2 Å². The zero-order valence-corrected chi connectivity index (χ0v) is 12.2. The van der Waals surface area contributed by atoms with Crippen LogP contribution in [0.5, 0.6) is 0 Å². The molecule has 0 aromatic heterocycles. The van der Waals surface area contributed by atoms with Crippen LogP contribution in [-0.2, 0) is 0 Å². The monoisotopic (exact) mass is 260 g/mol. The summed E-state index contributed by atoms with van der Waals surface area (Å²) in [4.78, 5) is 14.6. The van der Waals surface area contributed by atoms with Crippen LogP contribution in [0.4, 0.5) is 5.69 Å². The second-order valence-electron chi connectivity index (χ2n) is 6.11. The fourth-order valence-corrected chi connectivity index (χ4v) is 2.54. The Hall–Kier alpha value is -1.51. The lowest BCUT2D eigenvalue weighted by Crippen LogP contribution is -2.30. The largest absolute Gasteiger partial charge is 0.384 e. The highest BCUT2D eigenvalue weighted by Crippen LogP contribution is 2.30. The van der Waals surface area contributed by atoms with Crippen LogP contribution >= 0.6 is 0 Å². The van der Waals surface area contributed by atoms with Crippen molar-refractivity contribution in [3.63, 3.8) is 0 Å². The summed E-state index contributed by atoms with van der Waals surface area (Å²) in [6.07, 6.45) is 2.14. The van der Waals surface area contributed by atoms with Crippen LogP contribution in [0.15, 0.2) is 24.3 Å². The van der Waals surface area contributed by atoms with Gasteiger partial charge in [-0.05, 0) is 30.4 Å². The van der Waals surface area contributed by atoms with Gasteiger partial charge in [-0.25, -0.2) is 0 Å². The lowest BCUT2D eigenvalue weighted by molar-refractivity contribution is 0.0779. The van der Waals surface area contributed by atoms with Crippen molar-refractivity contribution < 1.29 is 4.79 Å². The van der Waals surface area contributed by atoms with Gasteiger partial charge in [0.2, 0.25) is 0 Å². The van der Waals surface area contributed by atoms with Crippen molar-refractivity contribution in [3.05, 3.63) is 29.8 Å². The third-order valence-corrected chi connectivity index (χ3v) is 3.69. The zero-order chi connectivity index (χ0) is 13.9. The molecule has 1 fully saturated rings. The molecular formula is C16H24N2O. The first-order chi connectivity index (χ1) is 9.03. The summed E-state index contributed by atoms with van der Waals surface area (Å²) in [5, 5.41) is 3.34. The maximum Gasteiger partial charge on any atom is 0.255 e. The van der Waals surface area contributed by atoms with E-state index >= 15 is 0 Å². The summed E-state index contributed by atoms with van der Waals surface area (Å²) in [5.74, 6) is 0.157. The summed E-state index contributed by atoms with van der Waals surface area (Å²) >= 11 is 0. The highest BCUT2D eigenvalue weighted by Gasteiger charge is 2.32. The molecular weight excluding hydrogens is 236 g/mol. The standard InChI is InChI=1S/C16H24N2O/c1-4-10-17-14-8-6-5-7-13(14)15(19)18-11-9-16(2,3)12-18/h5-8,17H,4,9-12H2,1-3H3. The highest BCUT2D eigenvalue weighted by molar-refractivity contribution is 5.99.